The Morgan fingerprint density at radius 3 is 2.48 bits per heavy atom. The zero-order valence-corrected chi connectivity index (χ0v) is 17.6. The van der Waals surface area contributed by atoms with E-state index >= 15 is 0 Å². The second-order valence-electron chi connectivity index (χ2n) is 6.88. The van der Waals surface area contributed by atoms with Crippen LogP contribution < -0.4 is 5.32 Å². The topological polar surface area (TPSA) is 67.2 Å². The monoisotopic (exact) mass is 408 g/mol. The van der Waals surface area contributed by atoms with Gasteiger partial charge in [0.1, 0.15) is 0 Å². The predicted octanol–water partition coefficient (Wildman–Crippen LogP) is 3.68. The summed E-state index contributed by atoms with van der Waals surface area (Å²) in [5, 5.41) is 3.52. The lowest BCUT2D eigenvalue weighted by Gasteiger charge is -2.17. The van der Waals surface area contributed by atoms with E-state index in [4.69, 9.17) is 0 Å². The van der Waals surface area contributed by atoms with Crippen LogP contribution in [0.1, 0.15) is 11.1 Å². The fourth-order valence-electron chi connectivity index (χ4n) is 2.94. The molecule has 0 radical (unpaired) electrons. The van der Waals surface area contributed by atoms with Crippen molar-refractivity contribution < 1.29 is 9.59 Å². The number of para-hydroxylation sites is 1. The van der Waals surface area contributed by atoms with Crippen molar-refractivity contribution in [1.29, 1.82) is 0 Å². The van der Waals surface area contributed by atoms with E-state index < -0.39 is 0 Å². The minimum Gasteiger partial charge on any atom is -0.336 e. The minimum atomic E-state index is -0.228. The van der Waals surface area contributed by atoms with E-state index in [1.54, 1.807) is 13.2 Å². The van der Waals surface area contributed by atoms with Crippen molar-refractivity contribution in [2.75, 3.05) is 24.7 Å². The molecule has 1 aromatic heterocycles. The number of nitrogens with zero attached hydrogens (tertiary/aromatic N) is 3. The number of carbonyl (C=O) groups excluding carboxylic acids is 2. The van der Waals surface area contributed by atoms with Crippen molar-refractivity contribution in [1.82, 2.24) is 14.5 Å². The molecule has 0 saturated heterocycles. The summed E-state index contributed by atoms with van der Waals surface area (Å²) >= 11 is 1.36. The zero-order valence-electron chi connectivity index (χ0n) is 16.8. The molecular weight excluding hydrogens is 384 g/mol. The zero-order chi connectivity index (χ0) is 20.8. The van der Waals surface area contributed by atoms with E-state index in [1.807, 2.05) is 41.1 Å². The highest BCUT2D eigenvalue weighted by atomic mass is 32.2. The summed E-state index contributed by atoms with van der Waals surface area (Å²) in [6.07, 6.45) is 3.61. The van der Waals surface area contributed by atoms with Crippen LogP contribution in [0.15, 0.2) is 66.1 Å². The predicted molar refractivity (Wildman–Crippen MR) is 116 cm³/mol. The number of hydrogen-bond donors (Lipinski definition) is 1. The lowest BCUT2D eigenvalue weighted by Crippen LogP contribution is -2.36. The van der Waals surface area contributed by atoms with Crippen LogP contribution in [0.3, 0.4) is 0 Å². The molecule has 0 spiro atoms. The van der Waals surface area contributed by atoms with Crippen LogP contribution in [0.2, 0.25) is 0 Å². The second-order valence-corrected chi connectivity index (χ2v) is 7.82. The molecule has 0 aliphatic rings. The molecule has 3 rings (SSSR count). The Labute approximate surface area is 174 Å². The number of nitrogens with one attached hydrogen (secondary N) is 1. The molecular formula is C22H24N4O2S. The van der Waals surface area contributed by atoms with E-state index in [9.17, 15) is 9.59 Å². The van der Waals surface area contributed by atoms with Gasteiger partial charge in [-0.15, -0.1) is 0 Å². The Balaban J connectivity index is 1.57. The van der Waals surface area contributed by atoms with E-state index in [0.29, 0.717) is 5.69 Å². The van der Waals surface area contributed by atoms with E-state index in [2.05, 4.69) is 42.3 Å². The summed E-state index contributed by atoms with van der Waals surface area (Å²) in [4.78, 5) is 30.4. The maximum Gasteiger partial charge on any atom is 0.243 e. The molecule has 29 heavy (non-hydrogen) atoms. The van der Waals surface area contributed by atoms with Gasteiger partial charge in [-0.25, -0.2) is 4.98 Å². The molecule has 150 valence electrons. The first-order valence-electron chi connectivity index (χ1n) is 9.26. The van der Waals surface area contributed by atoms with Gasteiger partial charge in [0.15, 0.2) is 5.16 Å². The third-order valence-electron chi connectivity index (χ3n) is 4.28. The molecule has 3 aromatic rings. The van der Waals surface area contributed by atoms with Crippen LogP contribution in [0.25, 0.3) is 5.69 Å². The summed E-state index contributed by atoms with van der Waals surface area (Å²) in [5.41, 5.74) is 4.07. The van der Waals surface area contributed by atoms with Crippen LogP contribution in [0, 0.1) is 13.8 Å². The van der Waals surface area contributed by atoms with E-state index in [1.165, 1.54) is 27.8 Å². The Morgan fingerprint density at radius 1 is 1.10 bits per heavy atom. The maximum atomic E-state index is 12.5. The number of aryl methyl sites for hydroxylation is 2. The van der Waals surface area contributed by atoms with Crippen LogP contribution in [-0.2, 0) is 9.59 Å². The first kappa shape index (κ1) is 20.7. The van der Waals surface area contributed by atoms with Crippen molar-refractivity contribution in [2.45, 2.75) is 19.0 Å². The smallest absolute Gasteiger partial charge is 0.243 e. The second kappa shape index (κ2) is 9.43. The summed E-state index contributed by atoms with van der Waals surface area (Å²) < 4.78 is 1.97. The van der Waals surface area contributed by atoms with Gasteiger partial charge in [-0.2, -0.15) is 0 Å². The molecule has 0 bridgehead atoms. The largest absolute Gasteiger partial charge is 0.336 e. The molecule has 2 aromatic carbocycles. The summed E-state index contributed by atoms with van der Waals surface area (Å²) in [6.45, 7) is 4.11. The number of aromatic nitrogens is 2. The number of benzene rings is 2. The number of amides is 2. The number of likely N-dealkylation sites (N-methyl/N-ethyl adjacent to an activating group) is 1. The standard InChI is InChI=1S/C22H24N4O2S/c1-16-11-17(2)13-19(12-16)26-10-9-23-22(26)29-15-21(28)25(3)14-20(27)24-18-7-5-4-6-8-18/h4-13H,14-15H2,1-3H3,(H,24,27). The van der Waals surface area contributed by atoms with Crippen LogP contribution in [0.4, 0.5) is 5.69 Å². The Hall–Kier alpha value is -3.06. The average molecular weight is 409 g/mol. The molecule has 7 heteroatoms. The lowest BCUT2D eigenvalue weighted by atomic mass is 10.1. The van der Waals surface area contributed by atoms with Crippen molar-refractivity contribution in [3.63, 3.8) is 0 Å². The molecule has 1 heterocycles. The highest BCUT2D eigenvalue weighted by Gasteiger charge is 2.15. The Bertz CT molecular complexity index is 981. The fourth-order valence-corrected chi connectivity index (χ4v) is 3.86. The van der Waals surface area contributed by atoms with Gasteiger partial charge in [-0.3, -0.25) is 14.2 Å². The molecule has 0 aliphatic carbocycles. The molecule has 1 N–H and O–H groups in total. The summed E-state index contributed by atoms with van der Waals surface area (Å²) in [5.74, 6) is -0.154. The summed E-state index contributed by atoms with van der Waals surface area (Å²) in [6, 6.07) is 15.5. The van der Waals surface area contributed by atoms with Gasteiger partial charge in [0.25, 0.3) is 0 Å². The first-order chi connectivity index (χ1) is 13.9. The van der Waals surface area contributed by atoms with Gasteiger partial charge in [-0.1, -0.05) is 36.0 Å². The third-order valence-corrected chi connectivity index (χ3v) is 5.23. The van der Waals surface area contributed by atoms with Crippen LogP contribution in [0.5, 0.6) is 0 Å². The molecule has 0 unspecified atom stereocenters. The van der Waals surface area contributed by atoms with Gasteiger partial charge in [0, 0.05) is 30.8 Å². The molecule has 2 amide bonds. The number of anilines is 1. The van der Waals surface area contributed by atoms with Crippen molar-refractivity contribution in [2.24, 2.45) is 0 Å². The van der Waals surface area contributed by atoms with E-state index in [0.717, 1.165) is 10.8 Å². The molecule has 0 aliphatic heterocycles. The highest BCUT2D eigenvalue weighted by Crippen LogP contribution is 2.22. The molecule has 0 atom stereocenters. The Kier molecular flexibility index (Phi) is 6.72. The number of thioether (sulfide) groups is 1. The molecule has 0 fully saturated rings. The lowest BCUT2D eigenvalue weighted by molar-refractivity contribution is -0.131. The quantitative estimate of drug-likeness (QED) is 0.606. The molecule has 0 saturated carbocycles. The molecule has 6 nitrogen and oxygen atoms in total. The SMILES string of the molecule is Cc1cc(C)cc(-n2ccnc2SCC(=O)N(C)CC(=O)Nc2ccccc2)c1. The van der Waals surface area contributed by atoms with Gasteiger partial charge in [0.2, 0.25) is 11.8 Å². The minimum absolute atomic E-state index is 0.000196. The van der Waals surface area contributed by atoms with Crippen molar-refractivity contribution in [3.8, 4) is 5.69 Å². The normalized spacial score (nSPS) is 10.6. The Morgan fingerprint density at radius 2 is 1.79 bits per heavy atom. The first-order valence-corrected chi connectivity index (χ1v) is 10.2. The van der Waals surface area contributed by atoms with Crippen LogP contribution >= 0.6 is 11.8 Å². The van der Waals surface area contributed by atoms with Crippen molar-refractivity contribution >= 4 is 29.3 Å². The number of carbonyl (C=O) groups is 2. The number of hydrogen-bond acceptors (Lipinski definition) is 4. The fraction of sp³-hybridized carbons (Fsp3) is 0.227. The van der Waals surface area contributed by atoms with Gasteiger partial charge in [0.05, 0.1) is 12.3 Å². The van der Waals surface area contributed by atoms with Crippen molar-refractivity contribution in [3.05, 3.63) is 72.1 Å². The van der Waals surface area contributed by atoms with E-state index in [-0.39, 0.29) is 24.1 Å². The van der Waals surface area contributed by atoms with Gasteiger partial charge >= 0.3 is 0 Å². The number of imidazole rings is 1. The van der Waals surface area contributed by atoms with Gasteiger partial charge < -0.3 is 10.2 Å². The third kappa shape index (κ3) is 5.71. The van der Waals surface area contributed by atoms with Gasteiger partial charge in [-0.05, 0) is 49.2 Å². The highest BCUT2D eigenvalue weighted by molar-refractivity contribution is 7.99. The summed E-state index contributed by atoms with van der Waals surface area (Å²) in [7, 11) is 1.63. The average Bonchev–Trinajstić information content (AvgIpc) is 3.14. The number of rotatable bonds is 7. The van der Waals surface area contributed by atoms with Crippen LogP contribution in [-0.4, -0.2) is 45.6 Å². The maximum absolute atomic E-state index is 12.5.